The van der Waals surface area contributed by atoms with Gasteiger partial charge in [0.1, 0.15) is 0 Å². The van der Waals surface area contributed by atoms with Gasteiger partial charge >= 0.3 is 5.97 Å². The Kier molecular flexibility index (Phi) is 17.6. The topological polar surface area (TPSA) is 37.3 Å². The summed E-state index contributed by atoms with van der Waals surface area (Å²) in [6.45, 7) is 2.23. The van der Waals surface area contributed by atoms with Crippen LogP contribution in [0.3, 0.4) is 0 Å². The number of rotatable bonds is 17. The molecule has 0 aliphatic heterocycles. The van der Waals surface area contributed by atoms with Crippen molar-refractivity contribution < 1.29 is 9.90 Å². The van der Waals surface area contributed by atoms with Crippen LogP contribution in [0.4, 0.5) is 0 Å². The Hall–Kier alpha value is -0.790. The van der Waals surface area contributed by atoms with Gasteiger partial charge in [-0.2, -0.15) is 0 Å². The highest BCUT2D eigenvalue weighted by atomic mass is 16.4. The molecule has 0 fully saturated rings. The molecule has 0 aliphatic carbocycles. The van der Waals surface area contributed by atoms with Crippen LogP contribution in [0, 0.1) is 0 Å². The molecule has 0 aromatic heterocycles. The first kappa shape index (κ1) is 21.2. The van der Waals surface area contributed by atoms with Gasteiger partial charge in [-0.25, -0.2) is 0 Å². The molecular formula is C20H38O2. The van der Waals surface area contributed by atoms with Gasteiger partial charge in [0.05, 0.1) is 0 Å². The maximum Gasteiger partial charge on any atom is 0.303 e. The fourth-order valence-corrected chi connectivity index (χ4v) is 2.71. The van der Waals surface area contributed by atoms with E-state index in [4.69, 9.17) is 5.11 Å². The third-order valence-corrected chi connectivity index (χ3v) is 4.13. The van der Waals surface area contributed by atoms with Gasteiger partial charge in [0.25, 0.3) is 0 Å². The predicted molar refractivity (Wildman–Crippen MR) is 96.3 cm³/mol. The van der Waals surface area contributed by atoms with Gasteiger partial charge in [0.2, 0.25) is 0 Å². The average Bonchev–Trinajstić information content (AvgIpc) is 2.50. The van der Waals surface area contributed by atoms with E-state index in [1.54, 1.807) is 0 Å². The van der Waals surface area contributed by atoms with Crippen LogP contribution in [0.5, 0.6) is 0 Å². The van der Waals surface area contributed by atoms with Crippen molar-refractivity contribution in [2.24, 2.45) is 0 Å². The number of unbranched alkanes of at least 4 members (excludes halogenated alkanes) is 13. The zero-order valence-electron chi connectivity index (χ0n) is 14.8. The highest BCUT2D eigenvalue weighted by Gasteiger charge is 1.96. The summed E-state index contributed by atoms with van der Waals surface area (Å²) in [5, 5.41) is 8.54. The Morgan fingerprint density at radius 1 is 0.682 bits per heavy atom. The first-order valence-corrected chi connectivity index (χ1v) is 9.64. The second-order valence-electron chi connectivity index (χ2n) is 6.44. The molecule has 2 heteroatoms. The molecule has 0 aromatic carbocycles. The van der Waals surface area contributed by atoms with E-state index in [0.29, 0.717) is 6.42 Å². The average molecular weight is 311 g/mol. The van der Waals surface area contributed by atoms with Crippen molar-refractivity contribution >= 4 is 5.97 Å². The van der Waals surface area contributed by atoms with Crippen molar-refractivity contribution in [2.75, 3.05) is 0 Å². The lowest BCUT2D eigenvalue weighted by Crippen LogP contribution is -1.93. The largest absolute Gasteiger partial charge is 0.481 e. The maximum absolute atomic E-state index is 10.4. The van der Waals surface area contributed by atoms with E-state index < -0.39 is 5.97 Å². The summed E-state index contributed by atoms with van der Waals surface area (Å²) in [7, 11) is 0. The predicted octanol–water partition coefficient (Wildman–Crippen LogP) is 6.89. The van der Waals surface area contributed by atoms with Crippen LogP contribution < -0.4 is 0 Å². The monoisotopic (exact) mass is 310 g/mol. The molecule has 22 heavy (non-hydrogen) atoms. The van der Waals surface area contributed by atoms with E-state index in [0.717, 1.165) is 12.8 Å². The number of aliphatic carboxylic acids is 1. The summed E-state index contributed by atoms with van der Waals surface area (Å²) in [6, 6.07) is 0. The zero-order valence-corrected chi connectivity index (χ0v) is 14.8. The van der Waals surface area contributed by atoms with Crippen LogP contribution in [0.2, 0.25) is 0 Å². The maximum atomic E-state index is 10.4. The number of hydrogen-bond donors (Lipinski definition) is 1. The van der Waals surface area contributed by atoms with E-state index in [9.17, 15) is 4.79 Å². The Bertz CT molecular complexity index is 258. The molecule has 130 valence electrons. The van der Waals surface area contributed by atoms with Gasteiger partial charge in [-0.15, -0.1) is 0 Å². The number of hydrogen-bond acceptors (Lipinski definition) is 1. The van der Waals surface area contributed by atoms with Crippen molar-refractivity contribution in [3.8, 4) is 0 Å². The molecule has 0 saturated carbocycles. The SMILES string of the molecule is CCC/C=C/CCCCCCCCCCCCCCC(=O)O. The van der Waals surface area contributed by atoms with Gasteiger partial charge in [-0.1, -0.05) is 89.7 Å². The Labute approximate surface area is 138 Å². The van der Waals surface area contributed by atoms with Crippen LogP contribution in [-0.4, -0.2) is 11.1 Å². The summed E-state index contributed by atoms with van der Waals surface area (Å²) >= 11 is 0. The number of carbonyl (C=O) groups is 1. The summed E-state index contributed by atoms with van der Waals surface area (Å²) in [4.78, 5) is 10.4. The highest BCUT2D eigenvalue weighted by molar-refractivity contribution is 5.66. The summed E-state index contributed by atoms with van der Waals surface area (Å²) in [6.07, 6.45) is 24.2. The molecule has 0 heterocycles. The highest BCUT2D eigenvalue weighted by Crippen LogP contribution is 2.13. The fraction of sp³-hybridized carbons (Fsp3) is 0.850. The lowest BCUT2D eigenvalue weighted by atomic mass is 10.0. The Morgan fingerprint density at radius 2 is 1.09 bits per heavy atom. The molecule has 0 unspecified atom stereocenters. The number of allylic oxidation sites excluding steroid dienone is 2. The quantitative estimate of drug-likeness (QED) is 0.234. The molecular weight excluding hydrogens is 272 g/mol. The van der Waals surface area contributed by atoms with Gasteiger partial charge in [0.15, 0.2) is 0 Å². The third-order valence-electron chi connectivity index (χ3n) is 4.13. The molecule has 0 atom stereocenters. The third kappa shape index (κ3) is 19.2. The zero-order chi connectivity index (χ0) is 16.3. The fourth-order valence-electron chi connectivity index (χ4n) is 2.71. The van der Waals surface area contributed by atoms with Gasteiger partial charge in [-0.3, -0.25) is 4.79 Å². The minimum atomic E-state index is -0.656. The molecule has 0 spiro atoms. The van der Waals surface area contributed by atoms with Crippen molar-refractivity contribution in [1.29, 1.82) is 0 Å². The van der Waals surface area contributed by atoms with Gasteiger partial charge in [-0.05, 0) is 25.7 Å². The summed E-state index contributed by atoms with van der Waals surface area (Å²) in [5.74, 6) is -0.656. The molecule has 1 N–H and O–H groups in total. The molecule has 0 saturated heterocycles. The number of carboxylic acids is 1. The van der Waals surface area contributed by atoms with Gasteiger partial charge in [0, 0.05) is 6.42 Å². The van der Waals surface area contributed by atoms with E-state index in [-0.39, 0.29) is 0 Å². The van der Waals surface area contributed by atoms with Crippen LogP contribution >= 0.6 is 0 Å². The first-order valence-electron chi connectivity index (χ1n) is 9.64. The van der Waals surface area contributed by atoms with E-state index in [1.165, 1.54) is 83.5 Å². The van der Waals surface area contributed by atoms with Crippen molar-refractivity contribution in [2.45, 2.75) is 110 Å². The molecule has 0 rings (SSSR count). The molecule has 0 bridgehead atoms. The van der Waals surface area contributed by atoms with E-state index in [1.807, 2.05) is 0 Å². The van der Waals surface area contributed by atoms with Crippen LogP contribution in [0.15, 0.2) is 12.2 Å². The van der Waals surface area contributed by atoms with Crippen LogP contribution in [0.1, 0.15) is 110 Å². The molecule has 0 amide bonds. The second-order valence-corrected chi connectivity index (χ2v) is 6.44. The normalized spacial score (nSPS) is 11.3. The van der Waals surface area contributed by atoms with E-state index in [2.05, 4.69) is 19.1 Å². The summed E-state index contributed by atoms with van der Waals surface area (Å²) < 4.78 is 0. The minimum absolute atomic E-state index is 0.342. The molecule has 2 nitrogen and oxygen atoms in total. The van der Waals surface area contributed by atoms with E-state index >= 15 is 0 Å². The summed E-state index contributed by atoms with van der Waals surface area (Å²) in [5.41, 5.74) is 0. The molecule has 0 aliphatic rings. The van der Waals surface area contributed by atoms with Crippen LogP contribution in [-0.2, 0) is 4.79 Å². The smallest absolute Gasteiger partial charge is 0.303 e. The van der Waals surface area contributed by atoms with Crippen molar-refractivity contribution in [1.82, 2.24) is 0 Å². The van der Waals surface area contributed by atoms with Gasteiger partial charge < -0.3 is 5.11 Å². The Morgan fingerprint density at radius 3 is 1.55 bits per heavy atom. The first-order chi connectivity index (χ1) is 10.8. The minimum Gasteiger partial charge on any atom is -0.481 e. The standard InChI is InChI=1S/C20H38O2/c1-2-3-4-5-6-7-8-9-10-11-12-13-14-15-16-17-18-19-20(21)22/h4-5H,2-3,6-19H2,1H3,(H,21,22)/b5-4+. The van der Waals surface area contributed by atoms with Crippen molar-refractivity contribution in [3.05, 3.63) is 12.2 Å². The molecule has 0 radical (unpaired) electrons. The second kappa shape index (κ2) is 18.3. The van der Waals surface area contributed by atoms with Crippen LogP contribution in [0.25, 0.3) is 0 Å². The molecule has 0 aromatic rings. The Balaban J connectivity index is 3.01. The lowest BCUT2D eigenvalue weighted by molar-refractivity contribution is -0.137. The number of carboxylic acid groups (broad SMARTS) is 1. The van der Waals surface area contributed by atoms with Crippen molar-refractivity contribution in [3.63, 3.8) is 0 Å². The lowest BCUT2D eigenvalue weighted by Gasteiger charge is -2.02.